The van der Waals surface area contributed by atoms with Crippen LogP contribution in [0.2, 0.25) is 0 Å². The maximum Gasteiger partial charge on any atom is 0.245 e. The SMILES string of the molecule is Cc1ccc(-n2cc3c(N(C)C=CC(=O)NCc4ccc5sccc5c4)ncnc3n2)cc1F. The zero-order valence-corrected chi connectivity index (χ0v) is 19.4. The number of carbonyl (C=O) groups is 1. The van der Waals surface area contributed by atoms with E-state index < -0.39 is 0 Å². The van der Waals surface area contributed by atoms with Crippen molar-refractivity contribution < 1.29 is 9.18 Å². The summed E-state index contributed by atoms with van der Waals surface area (Å²) in [6.45, 7) is 2.15. The summed E-state index contributed by atoms with van der Waals surface area (Å²) in [6, 6.07) is 13.2. The zero-order valence-electron chi connectivity index (χ0n) is 18.6. The molecule has 0 aliphatic carbocycles. The Morgan fingerprint density at radius 3 is 2.94 bits per heavy atom. The van der Waals surface area contributed by atoms with Gasteiger partial charge < -0.3 is 10.2 Å². The number of benzene rings is 2. The molecule has 2 aromatic carbocycles. The number of aryl methyl sites for hydroxylation is 1. The molecule has 3 aromatic heterocycles. The van der Waals surface area contributed by atoms with Gasteiger partial charge in [0.15, 0.2) is 5.65 Å². The van der Waals surface area contributed by atoms with E-state index in [0.717, 1.165) is 5.56 Å². The molecule has 0 radical (unpaired) electrons. The molecule has 0 saturated heterocycles. The van der Waals surface area contributed by atoms with Gasteiger partial charge in [0.1, 0.15) is 18.0 Å². The Hall–Kier alpha value is -4.11. The number of aromatic nitrogens is 4. The van der Waals surface area contributed by atoms with Crippen LogP contribution in [0.4, 0.5) is 10.2 Å². The van der Waals surface area contributed by atoms with Gasteiger partial charge in [-0.15, -0.1) is 16.4 Å². The molecule has 0 atom stereocenters. The van der Waals surface area contributed by atoms with Crippen molar-refractivity contribution in [1.82, 2.24) is 25.1 Å². The van der Waals surface area contributed by atoms with Gasteiger partial charge >= 0.3 is 0 Å². The molecule has 0 unspecified atom stereocenters. The molecule has 0 saturated carbocycles. The average Bonchev–Trinajstić information content (AvgIpc) is 3.49. The van der Waals surface area contributed by atoms with Gasteiger partial charge in [0.25, 0.3) is 0 Å². The van der Waals surface area contributed by atoms with E-state index in [-0.39, 0.29) is 11.7 Å². The molecule has 0 bridgehead atoms. The lowest BCUT2D eigenvalue weighted by Crippen LogP contribution is -2.21. The summed E-state index contributed by atoms with van der Waals surface area (Å²) < 4.78 is 16.8. The van der Waals surface area contributed by atoms with Crippen molar-refractivity contribution in [3.05, 3.63) is 89.6 Å². The summed E-state index contributed by atoms with van der Waals surface area (Å²) in [7, 11) is 1.79. The van der Waals surface area contributed by atoms with Crippen LogP contribution in [0.1, 0.15) is 11.1 Å². The molecule has 34 heavy (non-hydrogen) atoms. The third-order valence-corrected chi connectivity index (χ3v) is 6.38. The van der Waals surface area contributed by atoms with Crippen molar-refractivity contribution in [3.8, 4) is 5.69 Å². The van der Waals surface area contributed by atoms with Crippen LogP contribution in [0.15, 0.2) is 72.6 Å². The number of anilines is 1. The van der Waals surface area contributed by atoms with Gasteiger partial charge in [-0.3, -0.25) is 4.79 Å². The van der Waals surface area contributed by atoms with Crippen molar-refractivity contribution >= 4 is 44.2 Å². The predicted octanol–water partition coefficient (Wildman–Crippen LogP) is 4.74. The Kier molecular flexibility index (Phi) is 5.77. The third kappa shape index (κ3) is 4.38. The Balaban J connectivity index is 1.30. The minimum atomic E-state index is -0.301. The lowest BCUT2D eigenvalue weighted by Gasteiger charge is -2.13. The first-order valence-corrected chi connectivity index (χ1v) is 11.5. The molecule has 5 aromatic rings. The van der Waals surface area contributed by atoms with Crippen LogP contribution in [0.5, 0.6) is 0 Å². The highest BCUT2D eigenvalue weighted by molar-refractivity contribution is 7.17. The zero-order chi connectivity index (χ0) is 23.7. The molecule has 1 amide bonds. The summed E-state index contributed by atoms with van der Waals surface area (Å²) in [5, 5.41) is 11.3. The number of fused-ring (bicyclic) bond motifs is 2. The number of carbonyl (C=O) groups excluding carboxylic acids is 1. The number of hydrogen-bond acceptors (Lipinski definition) is 6. The van der Waals surface area contributed by atoms with E-state index in [4.69, 9.17) is 0 Å². The van der Waals surface area contributed by atoms with Gasteiger partial charge in [0.05, 0.1) is 11.1 Å². The van der Waals surface area contributed by atoms with Gasteiger partial charge in [-0.2, -0.15) is 0 Å². The van der Waals surface area contributed by atoms with Crippen LogP contribution in [-0.2, 0) is 11.3 Å². The largest absolute Gasteiger partial charge is 0.348 e. The molecule has 1 N–H and O–H groups in total. The summed E-state index contributed by atoms with van der Waals surface area (Å²) in [5.41, 5.74) is 2.67. The third-order valence-electron chi connectivity index (χ3n) is 5.48. The molecular formula is C25H21FN6OS. The summed E-state index contributed by atoms with van der Waals surface area (Å²) in [6.07, 6.45) is 6.26. The van der Waals surface area contributed by atoms with Gasteiger partial charge in [0.2, 0.25) is 5.91 Å². The Morgan fingerprint density at radius 1 is 1.21 bits per heavy atom. The first-order chi connectivity index (χ1) is 16.5. The van der Waals surface area contributed by atoms with E-state index >= 15 is 0 Å². The first kappa shape index (κ1) is 21.7. The summed E-state index contributed by atoms with van der Waals surface area (Å²) in [4.78, 5) is 22.7. The van der Waals surface area contributed by atoms with E-state index in [9.17, 15) is 9.18 Å². The predicted molar refractivity (Wildman–Crippen MR) is 133 cm³/mol. The Labute approximate surface area is 199 Å². The molecule has 0 spiro atoms. The van der Waals surface area contributed by atoms with Gasteiger partial charge in [-0.1, -0.05) is 12.1 Å². The molecule has 3 heterocycles. The van der Waals surface area contributed by atoms with Gasteiger partial charge in [-0.25, -0.2) is 19.0 Å². The number of rotatable bonds is 6. The molecule has 9 heteroatoms. The minimum absolute atomic E-state index is 0.214. The van der Waals surface area contributed by atoms with Crippen LogP contribution in [0.25, 0.3) is 26.8 Å². The molecule has 0 aliphatic heterocycles. The van der Waals surface area contributed by atoms with E-state index in [1.54, 1.807) is 59.4 Å². The lowest BCUT2D eigenvalue weighted by molar-refractivity contribution is -0.116. The minimum Gasteiger partial charge on any atom is -0.348 e. The number of amides is 1. The fourth-order valence-corrected chi connectivity index (χ4v) is 4.36. The van der Waals surface area contributed by atoms with E-state index in [2.05, 4.69) is 44.0 Å². The van der Waals surface area contributed by atoms with Crippen LogP contribution in [0.3, 0.4) is 0 Å². The van der Waals surface area contributed by atoms with Gasteiger partial charge in [-0.05, 0) is 59.1 Å². The van der Waals surface area contributed by atoms with Crippen LogP contribution < -0.4 is 10.2 Å². The molecule has 0 aliphatic rings. The van der Waals surface area contributed by atoms with Crippen molar-refractivity contribution in [2.45, 2.75) is 13.5 Å². The fraction of sp³-hybridized carbons (Fsp3) is 0.120. The molecule has 5 rings (SSSR count). The normalized spacial score (nSPS) is 11.5. The summed E-state index contributed by atoms with van der Waals surface area (Å²) in [5.74, 6) is 0.0638. The van der Waals surface area contributed by atoms with Crippen LogP contribution in [0, 0.1) is 12.7 Å². The number of hydrogen-bond donors (Lipinski definition) is 1. The number of thiophene rings is 1. The monoisotopic (exact) mass is 472 g/mol. The first-order valence-electron chi connectivity index (χ1n) is 10.6. The number of nitrogens with zero attached hydrogens (tertiary/aromatic N) is 5. The van der Waals surface area contributed by atoms with Crippen molar-refractivity contribution in [2.75, 3.05) is 11.9 Å². The molecule has 7 nitrogen and oxygen atoms in total. The van der Waals surface area contributed by atoms with E-state index in [0.29, 0.717) is 34.6 Å². The summed E-state index contributed by atoms with van der Waals surface area (Å²) >= 11 is 1.69. The maximum atomic E-state index is 14.0. The van der Waals surface area contributed by atoms with Crippen LogP contribution >= 0.6 is 11.3 Å². The average molecular weight is 473 g/mol. The topological polar surface area (TPSA) is 75.9 Å². The second-order valence-electron chi connectivity index (χ2n) is 7.88. The highest BCUT2D eigenvalue weighted by atomic mass is 32.1. The smallest absolute Gasteiger partial charge is 0.245 e. The fourth-order valence-electron chi connectivity index (χ4n) is 3.59. The van der Waals surface area contributed by atoms with Gasteiger partial charge in [0, 0.05) is 36.8 Å². The quantitative estimate of drug-likeness (QED) is 0.361. The second-order valence-corrected chi connectivity index (χ2v) is 8.83. The second kappa shape index (κ2) is 9.03. The number of nitrogens with one attached hydrogen (secondary N) is 1. The lowest BCUT2D eigenvalue weighted by atomic mass is 10.2. The molecular weight excluding hydrogens is 451 g/mol. The Bertz CT molecular complexity index is 1540. The highest BCUT2D eigenvalue weighted by Crippen LogP contribution is 2.24. The molecule has 170 valence electrons. The van der Waals surface area contributed by atoms with E-state index in [1.807, 2.05) is 6.07 Å². The highest BCUT2D eigenvalue weighted by Gasteiger charge is 2.13. The number of halogens is 1. The van der Waals surface area contributed by atoms with Crippen LogP contribution in [-0.4, -0.2) is 32.7 Å². The van der Waals surface area contributed by atoms with E-state index in [1.165, 1.54) is 28.6 Å². The van der Waals surface area contributed by atoms with Crippen molar-refractivity contribution in [2.24, 2.45) is 0 Å². The Morgan fingerprint density at radius 2 is 2.09 bits per heavy atom. The van der Waals surface area contributed by atoms with Crippen molar-refractivity contribution in [1.29, 1.82) is 0 Å². The maximum absolute atomic E-state index is 14.0. The van der Waals surface area contributed by atoms with Crippen molar-refractivity contribution in [3.63, 3.8) is 0 Å². The molecule has 0 fully saturated rings. The standard InChI is InChI=1S/C25H21FN6OS/c1-16-3-5-19(12-21(16)26)32-14-20-24(30-32)28-15-29-25(20)31(2)9-7-23(33)27-13-17-4-6-22-18(11-17)8-10-34-22/h3-12,14-15H,13H2,1-2H3,(H,27,33).